The molecule has 1 amide bonds. The molecule has 146 valence electrons. The monoisotopic (exact) mass is 370 g/mol. The lowest BCUT2D eigenvalue weighted by Gasteiger charge is -2.37. The lowest BCUT2D eigenvalue weighted by molar-refractivity contribution is -0.154. The van der Waals surface area contributed by atoms with Crippen molar-refractivity contribution in [3.63, 3.8) is 0 Å². The van der Waals surface area contributed by atoms with Gasteiger partial charge in [0.25, 0.3) is 0 Å². The Morgan fingerprint density at radius 2 is 1.89 bits per heavy atom. The van der Waals surface area contributed by atoms with Gasteiger partial charge in [-0.05, 0) is 55.9 Å². The Morgan fingerprint density at radius 1 is 1.19 bits per heavy atom. The number of fused-ring (bicyclic) bond motifs is 2. The quantitative estimate of drug-likeness (QED) is 0.831. The van der Waals surface area contributed by atoms with Crippen LogP contribution in [0.5, 0.6) is 0 Å². The van der Waals surface area contributed by atoms with Crippen molar-refractivity contribution in [3.8, 4) is 0 Å². The highest BCUT2D eigenvalue weighted by Crippen LogP contribution is 2.55. The molecule has 2 heterocycles. The van der Waals surface area contributed by atoms with Crippen molar-refractivity contribution in [2.45, 2.75) is 75.4 Å². The molecule has 5 nitrogen and oxygen atoms in total. The van der Waals surface area contributed by atoms with E-state index in [1.807, 2.05) is 35.2 Å². The zero-order chi connectivity index (χ0) is 19.1. The number of nitrogens with zero attached hydrogens (tertiary/aromatic N) is 1. The largest absolute Gasteiger partial charge is 0.467 e. The summed E-state index contributed by atoms with van der Waals surface area (Å²) in [7, 11) is 1.42. The predicted molar refractivity (Wildman–Crippen MR) is 103 cm³/mol. The fourth-order valence-electron chi connectivity index (χ4n) is 5.91. The number of esters is 1. The van der Waals surface area contributed by atoms with Gasteiger partial charge in [0.2, 0.25) is 5.91 Å². The van der Waals surface area contributed by atoms with E-state index in [9.17, 15) is 9.59 Å². The van der Waals surface area contributed by atoms with Crippen LogP contribution in [0.1, 0.15) is 56.9 Å². The molecule has 0 unspecified atom stereocenters. The van der Waals surface area contributed by atoms with E-state index >= 15 is 0 Å². The summed E-state index contributed by atoms with van der Waals surface area (Å²) in [6.45, 7) is 0. The van der Waals surface area contributed by atoms with Crippen LogP contribution in [0.15, 0.2) is 30.3 Å². The van der Waals surface area contributed by atoms with E-state index in [1.165, 1.54) is 20.0 Å². The van der Waals surface area contributed by atoms with E-state index in [2.05, 4.69) is 0 Å². The summed E-state index contributed by atoms with van der Waals surface area (Å²) in [4.78, 5) is 28.2. The zero-order valence-corrected chi connectivity index (χ0v) is 16.2. The van der Waals surface area contributed by atoms with Gasteiger partial charge in [0.05, 0.1) is 12.6 Å². The van der Waals surface area contributed by atoms with Crippen LogP contribution in [0.25, 0.3) is 0 Å². The summed E-state index contributed by atoms with van der Waals surface area (Å²) in [6.07, 6.45) is 8.34. The van der Waals surface area contributed by atoms with Crippen molar-refractivity contribution in [1.29, 1.82) is 0 Å². The first-order valence-corrected chi connectivity index (χ1v) is 10.2. The lowest BCUT2D eigenvalue weighted by atomic mass is 9.76. The highest BCUT2D eigenvalue weighted by Gasteiger charge is 2.59. The number of benzene rings is 1. The van der Waals surface area contributed by atoms with Gasteiger partial charge in [0.1, 0.15) is 6.04 Å². The molecule has 0 bridgehead atoms. The Labute approximate surface area is 161 Å². The van der Waals surface area contributed by atoms with Gasteiger partial charge in [-0.15, -0.1) is 0 Å². The molecule has 27 heavy (non-hydrogen) atoms. The normalized spacial score (nSPS) is 32.4. The molecule has 2 N–H and O–H groups in total. The third-order valence-corrected chi connectivity index (χ3v) is 7.17. The second-order valence-corrected chi connectivity index (χ2v) is 8.75. The molecule has 1 aromatic rings. The smallest absolute Gasteiger partial charge is 0.328 e. The minimum absolute atomic E-state index is 0.0620. The molecule has 2 aliphatic heterocycles. The second-order valence-electron chi connectivity index (χ2n) is 8.75. The molecule has 3 fully saturated rings. The van der Waals surface area contributed by atoms with Gasteiger partial charge in [-0.1, -0.05) is 43.2 Å². The fourth-order valence-corrected chi connectivity index (χ4v) is 5.91. The first-order valence-electron chi connectivity index (χ1n) is 10.2. The summed E-state index contributed by atoms with van der Waals surface area (Å²) in [5.74, 6) is -0.353. The average molecular weight is 370 g/mol. The molecule has 3 aliphatic rings. The van der Waals surface area contributed by atoms with Gasteiger partial charge < -0.3 is 15.4 Å². The number of methoxy groups -OCH3 is 1. The van der Waals surface area contributed by atoms with Crippen molar-refractivity contribution in [2.24, 2.45) is 11.1 Å². The topological polar surface area (TPSA) is 72.6 Å². The second kappa shape index (κ2) is 6.93. The summed E-state index contributed by atoms with van der Waals surface area (Å²) >= 11 is 0. The van der Waals surface area contributed by atoms with Crippen molar-refractivity contribution in [3.05, 3.63) is 35.9 Å². The first kappa shape index (κ1) is 18.5. The highest BCUT2D eigenvalue weighted by atomic mass is 16.5. The van der Waals surface area contributed by atoms with E-state index in [1.54, 1.807) is 0 Å². The maximum Gasteiger partial charge on any atom is 0.328 e. The molecule has 1 spiro atoms. The van der Waals surface area contributed by atoms with Crippen LogP contribution in [0.2, 0.25) is 0 Å². The Morgan fingerprint density at radius 3 is 2.56 bits per heavy atom. The number of nitrogens with two attached hydrogens (primary N) is 1. The molecule has 0 aromatic heterocycles. The van der Waals surface area contributed by atoms with Crippen molar-refractivity contribution in [2.75, 3.05) is 7.11 Å². The van der Waals surface area contributed by atoms with E-state index in [0.29, 0.717) is 12.8 Å². The maximum atomic E-state index is 13.7. The fraction of sp³-hybridized carbons (Fsp3) is 0.636. The maximum absolute atomic E-state index is 13.7. The van der Waals surface area contributed by atoms with Gasteiger partial charge in [-0.25, -0.2) is 4.79 Å². The third kappa shape index (κ3) is 3.06. The highest BCUT2D eigenvalue weighted by molar-refractivity contribution is 5.92. The Kier molecular flexibility index (Phi) is 4.75. The van der Waals surface area contributed by atoms with Crippen LogP contribution in [0.4, 0.5) is 0 Å². The number of hydrogen-bond acceptors (Lipinski definition) is 4. The SMILES string of the molecule is COC(=O)[C@@H]1CC2(CCCC2)[C@@H]2CCC[C@](N)(Cc3ccccc3)C(=O)N21. The van der Waals surface area contributed by atoms with Gasteiger partial charge in [-0.2, -0.15) is 0 Å². The molecule has 1 aliphatic carbocycles. The number of carbonyl (C=O) groups excluding carboxylic acids is 2. The van der Waals surface area contributed by atoms with Gasteiger partial charge in [0.15, 0.2) is 0 Å². The Bertz CT molecular complexity index is 714. The van der Waals surface area contributed by atoms with E-state index in [0.717, 1.165) is 37.7 Å². The molecule has 5 heteroatoms. The lowest BCUT2D eigenvalue weighted by Crippen LogP contribution is -2.59. The summed E-state index contributed by atoms with van der Waals surface area (Å²) in [5, 5.41) is 0. The number of rotatable bonds is 3. The van der Waals surface area contributed by atoms with E-state index in [4.69, 9.17) is 10.5 Å². The van der Waals surface area contributed by atoms with Crippen LogP contribution in [-0.2, 0) is 20.7 Å². The summed E-state index contributed by atoms with van der Waals surface area (Å²) < 4.78 is 5.09. The molecule has 1 saturated carbocycles. The number of ether oxygens (including phenoxy) is 1. The zero-order valence-electron chi connectivity index (χ0n) is 16.2. The van der Waals surface area contributed by atoms with E-state index in [-0.39, 0.29) is 23.3 Å². The third-order valence-electron chi connectivity index (χ3n) is 7.17. The van der Waals surface area contributed by atoms with Crippen LogP contribution in [0, 0.1) is 5.41 Å². The standard InChI is InChI=1S/C22H30N2O3/c1-27-19(25)17-15-21(11-5-6-12-21)18-10-7-13-22(23,20(26)24(17)18)14-16-8-3-2-4-9-16/h2-4,8-9,17-18H,5-7,10-15,23H2,1H3/t17-,18-,22-/m0/s1. The number of carbonyl (C=O) groups is 2. The molecule has 4 rings (SSSR count). The molecule has 2 saturated heterocycles. The molecule has 0 radical (unpaired) electrons. The van der Waals surface area contributed by atoms with Crippen LogP contribution < -0.4 is 5.73 Å². The minimum atomic E-state index is -0.952. The van der Waals surface area contributed by atoms with Crippen molar-refractivity contribution >= 4 is 11.9 Å². The number of amides is 1. The predicted octanol–water partition coefficient (Wildman–Crippen LogP) is 2.81. The van der Waals surface area contributed by atoms with Crippen LogP contribution in [-0.4, -0.2) is 41.5 Å². The van der Waals surface area contributed by atoms with Crippen molar-refractivity contribution < 1.29 is 14.3 Å². The summed E-state index contributed by atoms with van der Waals surface area (Å²) in [5.41, 5.74) is 6.93. The number of hydrogen-bond donors (Lipinski definition) is 1. The van der Waals surface area contributed by atoms with Gasteiger partial charge in [0, 0.05) is 6.04 Å². The average Bonchev–Trinajstić information content (AvgIpc) is 3.24. The molecule has 3 atom stereocenters. The molecule has 1 aromatic carbocycles. The van der Waals surface area contributed by atoms with E-state index < -0.39 is 11.6 Å². The molecular weight excluding hydrogens is 340 g/mol. The van der Waals surface area contributed by atoms with Gasteiger partial charge in [-0.3, -0.25) is 4.79 Å². The Hall–Kier alpha value is -1.88. The first-order chi connectivity index (χ1) is 13.0. The molecular formula is C22H30N2O3. The Balaban J connectivity index is 1.69. The van der Waals surface area contributed by atoms with Crippen LogP contribution >= 0.6 is 0 Å². The van der Waals surface area contributed by atoms with Crippen LogP contribution in [0.3, 0.4) is 0 Å². The van der Waals surface area contributed by atoms with Crippen molar-refractivity contribution in [1.82, 2.24) is 4.90 Å². The minimum Gasteiger partial charge on any atom is -0.467 e. The van der Waals surface area contributed by atoms with Gasteiger partial charge >= 0.3 is 5.97 Å². The summed E-state index contributed by atoms with van der Waals surface area (Å²) in [6, 6.07) is 9.59.